The Morgan fingerprint density at radius 1 is 0.786 bits per heavy atom. The molecule has 14 heavy (non-hydrogen) atoms. The van der Waals surface area contributed by atoms with E-state index in [4.69, 9.17) is 4.74 Å². The Kier molecular flexibility index (Phi) is 21.9. The Morgan fingerprint density at radius 2 is 1.21 bits per heavy atom. The van der Waals surface area contributed by atoms with Crippen molar-refractivity contribution < 1.29 is 4.74 Å². The van der Waals surface area contributed by atoms with Gasteiger partial charge in [0, 0.05) is 13.2 Å². The van der Waals surface area contributed by atoms with Crippen LogP contribution < -0.4 is 0 Å². The molecule has 0 amide bonds. The molecule has 0 aromatic carbocycles. The molecule has 0 atom stereocenters. The van der Waals surface area contributed by atoms with Crippen molar-refractivity contribution in [1.82, 2.24) is 0 Å². The van der Waals surface area contributed by atoms with E-state index in [1.807, 2.05) is 13.8 Å². The van der Waals surface area contributed by atoms with Crippen molar-refractivity contribution in [1.29, 1.82) is 0 Å². The van der Waals surface area contributed by atoms with Gasteiger partial charge in [-0.3, -0.25) is 0 Å². The van der Waals surface area contributed by atoms with Gasteiger partial charge in [0.05, 0.1) is 0 Å². The monoisotopic (exact) mass is 202 g/mol. The Bertz CT molecular complexity index is 56.0. The number of unbranched alkanes of at least 4 members (excludes halogenated alkanes) is 4. The predicted molar refractivity (Wildman–Crippen MR) is 65.8 cm³/mol. The Morgan fingerprint density at radius 3 is 1.43 bits per heavy atom. The van der Waals surface area contributed by atoms with Crippen molar-refractivity contribution in [2.75, 3.05) is 13.2 Å². The average Bonchev–Trinajstić information content (AvgIpc) is 2.80. The quantitative estimate of drug-likeness (QED) is 0.595. The lowest BCUT2D eigenvalue weighted by atomic mass is 10.2. The molecule has 0 unspecified atom stereocenters. The fourth-order valence-corrected chi connectivity index (χ4v) is 1.19. The van der Waals surface area contributed by atoms with Crippen LogP contribution in [0.15, 0.2) is 0 Å². The van der Waals surface area contributed by atoms with Gasteiger partial charge in [-0.05, 0) is 12.8 Å². The first-order valence-corrected chi connectivity index (χ1v) is 6.49. The van der Waals surface area contributed by atoms with E-state index in [0.29, 0.717) is 0 Å². The maximum Gasteiger partial charge on any atom is 0.0466 e. The van der Waals surface area contributed by atoms with Crippen LogP contribution in [0.1, 0.15) is 72.6 Å². The molecule has 0 bridgehead atoms. The third kappa shape index (κ3) is 17.9. The van der Waals surface area contributed by atoms with Crippen molar-refractivity contribution in [2.24, 2.45) is 0 Å². The molecule has 1 heterocycles. The summed E-state index contributed by atoms with van der Waals surface area (Å²) >= 11 is 0. The van der Waals surface area contributed by atoms with Gasteiger partial charge in [-0.1, -0.05) is 59.8 Å². The number of ether oxygens (including phenoxy) is 1. The molecule has 0 aromatic rings. The molecule has 0 spiro atoms. The van der Waals surface area contributed by atoms with Gasteiger partial charge in [0.25, 0.3) is 0 Å². The number of hydrogen-bond donors (Lipinski definition) is 0. The van der Waals surface area contributed by atoms with E-state index >= 15 is 0 Å². The zero-order chi connectivity index (χ0) is 11.1. The molecule has 1 fully saturated rings. The first-order valence-electron chi connectivity index (χ1n) is 6.49. The molecular formula is C13H30O. The van der Waals surface area contributed by atoms with Gasteiger partial charge in [-0.15, -0.1) is 0 Å². The van der Waals surface area contributed by atoms with Gasteiger partial charge < -0.3 is 4.74 Å². The fraction of sp³-hybridized carbons (Fsp3) is 1.00. The highest BCUT2D eigenvalue weighted by atomic mass is 16.5. The minimum atomic E-state index is 1.00. The van der Waals surface area contributed by atoms with E-state index in [-0.39, 0.29) is 0 Å². The van der Waals surface area contributed by atoms with Gasteiger partial charge in [0.2, 0.25) is 0 Å². The average molecular weight is 202 g/mol. The summed E-state index contributed by atoms with van der Waals surface area (Å²) in [5.41, 5.74) is 0. The smallest absolute Gasteiger partial charge is 0.0466 e. The largest absolute Gasteiger partial charge is 0.381 e. The summed E-state index contributed by atoms with van der Waals surface area (Å²) in [7, 11) is 0. The summed E-state index contributed by atoms with van der Waals surface area (Å²) < 4.78 is 4.94. The highest BCUT2D eigenvalue weighted by Crippen LogP contribution is 2.00. The van der Waals surface area contributed by atoms with Crippen LogP contribution in [0, 0.1) is 0 Å². The van der Waals surface area contributed by atoms with Crippen LogP contribution in [0.3, 0.4) is 0 Å². The molecule has 1 saturated heterocycles. The molecule has 0 N–H and O–H groups in total. The third-order valence-corrected chi connectivity index (χ3v) is 2.03. The van der Waals surface area contributed by atoms with Gasteiger partial charge in [0.1, 0.15) is 0 Å². The van der Waals surface area contributed by atoms with E-state index in [2.05, 4.69) is 13.8 Å². The second-order valence-electron chi connectivity index (χ2n) is 3.38. The summed E-state index contributed by atoms with van der Waals surface area (Å²) in [4.78, 5) is 0. The highest BCUT2D eigenvalue weighted by Gasteiger charge is 1.94. The molecule has 1 nitrogen and oxygen atoms in total. The topological polar surface area (TPSA) is 9.23 Å². The molecule has 1 aliphatic rings. The van der Waals surface area contributed by atoms with E-state index in [0.717, 1.165) is 13.2 Å². The van der Waals surface area contributed by atoms with Crippen LogP contribution >= 0.6 is 0 Å². The van der Waals surface area contributed by atoms with E-state index in [9.17, 15) is 0 Å². The highest BCUT2D eigenvalue weighted by molar-refractivity contribution is 4.43. The van der Waals surface area contributed by atoms with Crippen molar-refractivity contribution in [2.45, 2.75) is 72.6 Å². The molecule has 0 aromatic heterocycles. The van der Waals surface area contributed by atoms with Gasteiger partial charge >= 0.3 is 0 Å². The Balaban J connectivity index is 0. The summed E-state index contributed by atoms with van der Waals surface area (Å²) in [6, 6.07) is 0. The van der Waals surface area contributed by atoms with Crippen LogP contribution in [0.25, 0.3) is 0 Å². The molecule has 0 aliphatic carbocycles. The minimum absolute atomic E-state index is 1.00. The number of rotatable bonds is 4. The maximum atomic E-state index is 4.94. The van der Waals surface area contributed by atoms with E-state index in [1.165, 1.54) is 44.9 Å². The molecule has 88 valence electrons. The summed E-state index contributed by atoms with van der Waals surface area (Å²) in [6.45, 7) is 10.5. The van der Waals surface area contributed by atoms with Crippen molar-refractivity contribution in [3.63, 3.8) is 0 Å². The molecule has 1 rings (SSSR count). The second kappa shape index (κ2) is 18.7. The van der Waals surface area contributed by atoms with Crippen LogP contribution in [0.2, 0.25) is 0 Å². The van der Waals surface area contributed by atoms with Crippen LogP contribution in [0.4, 0.5) is 0 Å². The molecule has 1 aliphatic heterocycles. The van der Waals surface area contributed by atoms with Crippen molar-refractivity contribution >= 4 is 0 Å². The standard InChI is InChI=1S/C7H16.C4H8O.C2H6/c1-3-5-7-6-4-2;1-2-4-5-3-1;1-2/h3-7H2,1-2H3;1-4H2;1-2H3. The molecule has 0 radical (unpaired) electrons. The lowest BCUT2D eigenvalue weighted by Crippen LogP contribution is -1.74. The van der Waals surface area contributed by atoms with Gasteiger partial charge in [-0.2, -0.15) is 0 Å². The van der Waals surface area contributed by atoms with Crippen LogP contribution in [0.5, 0.6) is 0 Å². The SMILES string of the molecule is C1CCOC1.CC.CCCCCCC. The summed E-state index contributed by atoms with van der Waals surface area (Å²) in [6.07, 6.45) is 9.56. The molecular weight excluding hydrogens is 172 g/mol. The second-order valence-corrected chi connectivity index (χ2v) is 3.38. The normalized spacial score (nSPS) is 13.7. The fourth-order valence-electron chi connectivity index (χ4n) is 1.19. The van der Waals surface area contributed by atoms with E-state index in [1.54, 1.807) is 0 Å². The predicted octanol–water partition coefficient (Wildman–Crippen LogP) is 4.80. The van der Waals surface area contributed by atoms with Gasteiger partial charge in [0.15, 0.2) is 0 Å². The Labute approximate surface area is 91.2 Å². The minimum Gasteiger partial charge on any atom is -0.381 e. The van der Waals surface area contributed by atoms with Crippen molar-refractivity contribution in [3.8, 4) is 0 Å². The van der Waals surface area contributed by atoms with Crippen LogP contribution in [-0.4, -0.2) is 13.2 Å². The Hall–Kier alpha value is -0.0400. The first-order chi connectivity index (χ1) is 6.91. The summed E-state index contributed by atoms with van der Waals surface area (Å²) in [5.74, 6) is 0. The zero-order valence-corrected chi connectivity index (χ0v) is 10.8. The molecule has 0 saturated carbocycles. The maximum absolute atomic E-state index is 4.94. The molecule has 1 heteroatoms. The lowest BCUT2D eigenvalue weighted by Gasteiger charge is -1.90. The zero-order valence-electron chi connectivity index (χ0n) is 10.8. The first kappa shape index (κ1) is 16.4. The third-order valence-electron chi connectivity index (χ3n) is 2.03. The van der Waals surface area contributed by atoms with E-state index < -0.39 is 0 Å². The van der Waals surface area contributed by atoms with Gasteiger partial charge in [-0.25, -0.2) is 0 Å². The summed E-state index contributed by atoms with van der Waals surface area (Å²) in [5, 5.41) is 0. The number of hydrogen-bond acceptors (Lipinski definition) is 1. The lowest BCUT2D eigenvalue weighted by molar-refractivity contribution is 0.198. The van der Waals surface area contributed by atoms with Crippen LogP contribution in [-0.2, 0) is 4.74 Å². The van der Waals surface area contributed by atoms with Crippen molar-refractivity contribution in [3.05, 3.63) is 0 Å².